The molecule has 72 valence electrons. The first-order valence-electron chi connectivity index (χ1n) is 5.08. The zero-order valence-corrected chi connectivity index (χ0v) is 9.98. The van der Waals surface area contributed by atoms with Crippen LogP contribution in [0.5, 0.6) is 0 Å². The Morgan fingerprint density at radius 2 is 1.62 bits per heavy atom. The van der Waals surface area contributed by atoms with Crippen molar-refractivity contribution < 1.29 is 0 Å². The van der Waals surface area contributed by atoms with Gasteiger partial charge in [-0.15, -0.1) is 0 Å². The smallest absolute Gasteiger partial charge is 0.140 e. The van der Waals surface area contributed by atoms with Crippen molar-refractivity contribution in [3.63, 3.8) is 0 Å². The first-order chi connectivity index (χ1) is 6.29. The Kier molecular flexibility index (Phi) is 4.19. The van der Waals surface area contributed by atoms with E-state index in [1.807, 2.05) is 0 Å². The van der Waals surface area contributed by atoms with E-state index in [1.54, 1.807) is 5.19 Å². The van der Waals surface area contributed by atoms with Gasteiger partial charge in [-0.1, -0.05) is 50.7 Å². The predicted molar refractivity (Wildman–Crippen MR) is 62.0 cm³/mol. The maximum atomic E-state index is 2.59. The maximum Gasteiger partial charge on any atom is 0.140 e. The van der Waals surface area contributed by atoms with Gasteiger partial charge in [0, 0.05) is 0 Å². The van der Waals surface area contributed by atoms with Crippen molar-refractivity contribution in [2.24, 2.45) is 0 Å². The second-order valence-electron chi connectivity index (χ2n) is 3.31. The number of nitrogens with zero attached hydrogens (tertiary/aromatic N) is 1. The van der Waals surface area contributed by atoms with Crippen molar-refractivity contribution >= 4 is 14.1 Å². The normalized spacial score (nSPS) is 13.2. The van der Waals surface area contributed by atoms with Crippen LogP contribution in [-0.2, 0) is 0 Å². The van der Waals surface area contributed by atoms with Crippen molar-refractivity contribution in [3.8, 4) is 0 Å². The number of benzene rings is 1. The molecule has 13 heavy (non-hydrogen) atoms. The highest BCUT2D eigenvalue weighted by atomic mass is 28.3. The van der Waals surface area contributed by atoms with Crippen LogP contribution in [0.1, 0.15) is 13.8 Å². The zero-order valence-electron chi connectivity index (χ0n) is 8.83. The summed E-state index contributed by atoms with van der Waals surface area (Å²) in [5.41, 5.74) is 0. The summed E-state index contributed by atoms with van der Waals surface area (Å²) >= 11 is 0. The molecule has 0 spiro atoms. The third kappa shape index (κ3) is 2.67. The van der Waals surface area contributed by atoms with Crippen LogP contribution < -0.4 is 5.19 Å². The summed E-state index contributed by atoms with van der Waals surface area (Å²) in [5.74, 6) is 0. The lowest BCUT2D eigenvalue weighted by Gasteiger charge is -2.25. The molecule has 0 aliphatic heterocycles. The first-order valence-corrected chi connectivity index (χ1v) is 7.33. The van der Waals surface area contributed by atoms with E-state index in [4.69, 9.17) is 0 Å². The molecule has 0 radical (unpaired) electrons. The molecule has 0 heterocycles. The lowest BCUT2D eigenvalue weighted by molar-refractivity contribution is 0.487. The molecule has 1 atom stereocenters. The van der Waals surface area contributed by atoms with Gasteiger partial charge in [0.2, 0.25) is 0 Å². The van der Waals surface area contributed by atoms with E-state index >= 15 is 0 Å². The van der Waals surface area contributed by atoms with Crippen LogP contribution in [-0.4, -0.2) is 26.6 Å². The molecule has 0 aliphatic rings. The average Bonchev–Trinajstić information content (AvgIpc) is 2.21. The Morgan fingerprint density at radius 1 is 1.08 bits per heavy atom. The lowest BCUT2D eigenvalue weighted by atomic mass is 10.4. The van der Waals surface area contributed by atoms with Crippen molar-refractivity contribution in [1.29, 1.82) is 0 Å². The zero-order chi connectivity index (χ0) is 9.68. The second kappa shape index (κ2) is 5.20. The quantitative estimate of drug-likeness (QED) is 0.656. The Bertz CT molecular complexity index is 231. The fourth-order valence-electron chi connectivity index (χ4n) is 1.71. The minimum Gasteiger partial charge on any atom is -0.323 e. The highest BCUT2D eigenvalue weighted by Crippen LogP contribution is 1.95. The Balaban J connectivity index is 2.72. The number of hydrogen-bond donors (Lipinski definition) is 0. The predicted octanol–water partition coefficient (Wildman–Crippen LogP) is 1.59. The Hall–Kier alpha value is -0.603. The molecule has 0 amide bonds. The summed E-state index contributed by atoms with van der Waals surface area (Å²) < 4.78 is 2.59. The molecule has 1 unspecified atom stereocenters. The van der Waals surface area contributed by atoms with E-state index in [2.05, 4.69) is 55.3 Å². The SMILES string of the molecule is CCN(CC)[SiH](C)c1ccccc1. The Labute approximate surface area is 83.1 Å². The monoisotopic (exact) mass is 193 g/mol. The second-order valence-corrected chi connectivity index (χ2v) is 6.06. The third-order valence-corrected chi connectivity index (χ3v) is 5.82. The maximum absolute atomic E-state index is 2.59. The summed E-state index contributed by atoms with van der Waals surface area (Å²) in [6.07, 6.45) is 0. The highest BCUT2D eigenvalue weighted by molar-refractivity contribution is 6.69. The van der Waals surface area contributed by atoms with E-state index in [0.717, 1.165) is 0 Å². The molecule has 0 saturated carbocycles. The number of rotatable bonds is 4. The molecular weight excluding hydrogens is 174 g/mol. The van der Waals surface area contributed by atoms with Gasteiger partial charge in [0.25, 0.3) is 0 Å². The molecule has 0 saturated heterocycles. The van der Waals surface area contributed by atoms with Gasteiger partial charge in [0.15, 0.2) is 0 Å². The van der Waals surface area contributed by atoms with Gasteiger partial charge >= 0.3 is 0 Å². The third-order valence-electron chi connectivity index (χ3n) is 2.64. The van der Waals surface area contributed by atoms with Crippen LogP contribution in [0.2, 0.25) is 6.55 Å². The van der Waals surface area contributed by atoms with Gasteiger partial charge in [-0.25, -0.2) is 0 Å². The summed E-state index contributed by atoms with van der Waals surface area (Å²) in [6.45, 7) is 9.26. The van der Waals surface area contributed by atoms with E-state index in [0.29, 0.717) is 0 Å². The van der Waals surface area contributed by atoms with E-state index in [-0.39, 0.29) is 0 Å². The van der Waals surface area contributed by atoms with Crippen molar-refractivity contribution in [1.82, 2.24) is 4.57 Å². The van der Waals surface area contributed by atoms with Crippen molar-refractivity contribution in [2.75, 3.05) is 13.1 Å². The molecule has 1 nitrogen and oxygen atoms in total. The van der Waals surface area contributed by atoms with Crippen molar-refractivity contribution in [2.45, 2.75) is 20.4 Å². The van der Waals surface area contributed by atoms with Gasteiger partial charge in [0.05, 0.1) is 0 Å². The van der Waals surface area contributed by atoms with Crippen LogP contribution in [0, 0.1) is 0 Å². The first kappa shape index (κ1) is 10.5. The largest absolute Gasteiger partial charge is 0.323 e. The fraction of sp³-hybridized carbons (Fsp3) is 0.455. The van der Waals surface area contributed by atoms with Gasteiger partial charge < -0.3 is 4.57 Å². The van der Waals surface area contributed by atoms with Crippen molar-refractivity contribution in [3.05, 3.63) is 30.3 Å². The van der Waals surface area contributed by atoms with Gasteiger partial charge in [-0.05, 0) is 18.3 Å². The molecule has 0 aromatic heterocycles. The van der Waals surface area contributed by atoms with Gasteiger partial charge in [-0.2, -0.15) is 0 Å². The van der Waals surface area contributed by atoms with Crippen LogP contribution in [0.15, 0.2) is 30.3 Å². The van der Waals surface area contributed by atoms with Crippen LogP contribution >= 0.6 is 0 Å². The fourth-order valence-corrected chi connectivity index (χ4v) is 4.01. The summed E-state index contributed by atoms with van der Waals surface area (Å²) in [7, 11) is -0.842. The molecule has 2 heteroatoms. The Morgan fingerprint density at radius 3 is 2.08 bits per heavy atom. The lowest BCUT2D eigenvalue weighted by Crippen LogP contribution is -2.45. The number of hydrogen-bond acceptors (Lipinski definition) is 1. The summed E-state index contributed by atoms with van der Waals surface area (Å²) in [4.78, 5) is 0. The van der Waals surface area contributed by atoms with Crippen LogP contribution in [0.4, 0.5) is 0 Å². The minimum absolute atomic E-state index is 0.842. The standard InChI is InChI=1S/C11H19NSi/c1-4-12(5-2)13(3)11-9-7-6-8-10-11/h6-10,13H,4-5H2,1-3H3. The molecule has 1 aromatic rings. The van der Waals surface area contributed by atoms with E-state index in [9.17, 15) is 0 Å². The molecule has 0 aliphatic carbocycles. The molecule has 0 bridgehead atoms. The average molecular weight is 193 g/mol. The molecule has 0 N–H and O–H groups in total. The molecular formula is C11H19NSi. The highest BCUT2D eigenvalue weighted by Gasteiger charge is 2.12. The van der Waals surface area contributed by atoms with Crippen LogP contribution in [0.3, 0.4) is 0 Å². The van der Waals surface area contributed by atoms with E-state index in [1.165, 1.54) is 13.1 Å². The molecule has 1 aromatic carbocycles. The summed E-state index contributed by atoms with van der Waals surface area (Å²) in [6, 6.07) is 10.9. The summed E-state index contributed by atoms with van der Waals surface area (Å²) in [5, 5.41) is 1.55. The van der Waals surface area contributed by atoms with Gasteiger partial charge in [0.1, 0.15) is 8.96 Å². The minimum atomic E-state index is -0.842. The van der Waals surface area contributed by atoms with Gasteiger partial charge in [-0.3, -0.25) is 0 Å². The van der Waals surface area contributed by atoms with Crippen LogP contribution in [0.25, 0.3) is 0 Å². The molecule has 0 fully saturated rings. The molecule has 1 rings (SSSR count). The topological polar surface area (TPSA) is 3.24 Å². The van der Waals surface area contributed by atoms with E-state index < -0.39 is 8.96 Å².